The number of halogens is 1. The predicted octanol–water partition coefficient (Wildman–Crippen LogP) is 3.48. The Balaban J connectivity index is 2.83. The van der Waals surface area contributed by atoms with E-state index in [-0.39, 0.29) is 0 Å². The quantitative estimate of drug-likeness (QED) is 0.760. The minimum Gasteiger partial charge on any atom is -0.330 e. The smallest absolute Gasteiger partial charge is 0.130 e. The van der Waals surface area contributed by atoms with Crippen LogP contribution in [0.3, 0.4) is 0 Å². The maximum Gasteiger partial charge on any atom is 0.130 e. The van der Waals surface area contributed by atoms with Gasteiger partial charge in [-0.15, -0.1) is 0 Å². The summed E-state index contributed by atoms with van der Waals surface area (Å²) in [5.74, 6) is 0. The van der Waals surface area contributed by atoms with Crippen molar-refractivity contribution in [1.82, 2.24) is 0 Å². The topological polar surface area (TPSA) is 26.0 Å². The summed E-state index contributed by atoms with van der Waals surface area (Å²) < 4.78 is 13.8. The van der Waals surface area contributed by atoms with Gasteiger partial charge in [-0.3, -0.25) is 0 Å². The van der Waals surface area contributed by atoms with Crippen molar-refractivity contribution in [2.45, 2.75) is 45.7 Å². The zero-order valence-electron chi connectivity index (χ0n) is 10.5. The molecule has 90 valence electrons. The molecule has 0 aromatic heterocycles. The SMILES string of the molecule is Cc1ccc(C(C)(C)F)cc1CCCCN. The van der Waals surface area contributed by atoms with Crippen LogP contribution < -0.4 is 5.73 Å². The van der Waals surface area contributed by atoms with Crippen LogP contribution in [0.1, 0.15) is 43.4 Å². The van der Waals surface area contributed by atoms with Crippen LogP contribution in [0.25, 0.3) is 0 Å². The summed E-state index contributed by atoms with van der Waals surface area (Å²) in [7, 11) is 0. The molecule has 1 aromatic rings. The van der Waals surface area contributed by atoms with Gasteiger partial charge in [0.1, 0.15) is 5.67 Å². The van der Waals surface area contributed by atoms with Gasteiger partial charge >= 0.3 is 0 Å². The van der Waals surface area contributed by atoms with Gasteiger partial charge in [0.05, 0.1) is 0 Å². The molecule has 16 heavy (non-hydrogen) atoms. The molecule has 1 aromatic carbocycles. The van der Waals surface area contributed by atoms with E-state index in [0.29, 0.717) is 0 Å². The summed E-state index contributed by atoms with van der Waals surface area (Å²) >= 11 is 0. The highest BCUT2D eigenvalue weighted by Crippen LogP contribution is 2.26. The van der Waals surface area contributed by atoms with Crippen LogP contribution in [-0.4, -0.2) is 6.54 Å². The normalized spacial score (nSPS) is 11.8. The highest BCUT2D eigenvalue weighted by Gasteiger charge is 2.19. The molecule has 0 aliphatic rings. The second kappa shape index (κ2) is 5.44. The number of hydrogen-bond donors (Lipinski definition) is 1. The molecule has 0 unspecified atom stereocenters. The lowest BCUT2D eigenvalue weighted by atomic mass is 9.93. The van der Waals surface area contributed by atoms with E-state index in [2.05, 4.69) is 6.92 Å². The Morgan fingerprint density at radius 2 is 1.94 bits per heavy atom. The molecule has 0 saturated heterocycles. The monoisotopic (exact) mass is 223 g/mol. The van der Waals surface area contributed by atoms with E-state index in [1.54, 1.807) is 13.8 Å². The third-order valence-electron chi connectivity index (χ3n) is 2.94. The second-order valence-corrected chi connectivity index (χ2v) is 4.86. The first-order chi connectivity index (χ1) is 7.45. The molecule has 0 amide bonds. The first kappa shape index (κ1) is 13.2. The average Bonchev–Trinajstić information content (AvgIpc) is 2.19. The number of hydrogen-bond acceptors (Lipinski definition) is 1. The number of benzene rings is 1. The van der Waals surface area contributed by atoms with E-state index >= 15 is 0 Å². The van der Waals surface area contributed by atoms with Crippen molar-refractivity contribution in [1.29, 1.82) is 0 Å². The number of unbranched alkanes of at least 4 members (excludes halogenated alkanes) is 1. The first-order valence-electron chi connectivity index (χ1n) is 5.94. The zero-order valence-corrected chi connectivity index (χ0v) is 10.5. The Bertz CT molecular complexity index is 339. The van der Waals surface area contributed by atoms with Gasteiger partial charge in [0.15, 0.2) is 0 Å². The molecule has 0 spiro atoms. The van der Waals surface area contributed by atoms with Crippen LogP contribution in [0.15, 0.2) is 18.2 Å². The van der Waals surface area contributed by atoms with Crippen molar-refractivity contribution in [3.8, 4) is 0 Å². The van der Waals surface area contributed by atoms with Crippen LogP contribution >= 0.6 is 0 Å². The van der Waals surface area contributed by atoms with E-state index in [4.69, 9.17) is 5.73 Å². The first-order valence-corrected chi connectivity index (χ1v) is 5.94. The van der Waals surface area contributed by atoms with E-state index in [1.165, 1.54) is 11.1 Å². The third-order valence-corrected chi connectivity index (χ3v) is 2.94. The van der Waals surface area contributed by atoms with E-state index in [1.807, 2.05) is 18.2 Å². The van der Waals surface area contributed by atoms with Gasteiger partial charge in [0.2, 0.25) is 0 Å². The summed E-state index contributed by atoms with van der Waals surface area (Å²) in [4.78, 5) is 0. The van der Waals surface area contributed by atoms with Crippen LogP contribution in [0.5, 0.6) is 0 Å². The van der Waals surface area contributed by atoms with Gasteiger partial charge in [0, 0.05) is 0 Å². The molecule has 0 fully saturated rings. The average molecular weight is 223 g/mol. The summed E-state index contributed by atoms with van der Waals surface area (Å²) in [5, 5.41) is 0. The van der Waals surface area contributed by atoms with Crippen LogP contribution in [0, 0.1) is 6.92 Å². The Morgan fingerprint density at radius 1 is 1.25 bits per heavy atom. The Morgan fingerprint density at radius 3 is 2.50 bits per heavy atom. The van der Waals surface area contributed by atoms with Gasteiger partial charge in [-0.25, -0.2) is 4.39 Å². The fraction of sp³-hybridized carbons (Fsp3) is 0.571. The van der Waals surface area contributed by atoms with E-state index in [0.717, 1.165) is 31.4 Å². The Labute approximate surface area is 97.9 Å². The lowest BCUT2D eigenvalue weighted by Crippen LogP contribution is -2.10. The molecular weight excluding hydrogens is 201 g/mol. The van der Waals surface area contributed by atoms with Gasteiger partial charge in [0.25, 0.3) is 0 Å². The van der Waals surface area contributed by atoms with Crippen molar-refractivity contribution in [2.24, 2.45) is 5.73 Å². The minimum absolute atomic E-state index is 0.730. The number of nitrogens with two attached hydrogens (primary N) is 1. The van der Waals surface area contributed by atoms with Crippen molar-refractivity contribution in [3.63, 3.8) is 0 Å². The summed E-state index contributed by atoms with van der Waals surface area (Å²) in [6.45, 7) is 6.00. The van der Waals surface area contributed by atoms with Crippen LogP contribution in [0.4, 0.5) is 4.39 Å². The standard InChI is InChI=1S/C14H22FN/c1-11-7-8-13(14(2,3)15)10-12(11)6-4-5-9-16/h7-8,10H,4-6,9,16H2,1-3H3. The Kier molecular flexibility index (Phi) is 4.48. The molecule has 0 aliphatic heterocycles. The zero-order chi connectivity index (χ0) is 12.2. The molecule has 0 radical (unpaired) electrons. The van der Waals surface area contributed by atoms with Gasteiger partial charge < -0.3 is 5.73 Å². The fourth-order valence-electron chi connectivity index (χ4n) is 1.77. The van der Waals surface area contributed by atoms with Crippen LogP contribution in [0.2, 0.25) is 0 Å². The molecule has 2 N–H and O–H groups in total. The molecule has 1 rings (SSSR count). The van der Waals surface area contributed by atoms with Crippen molar-refractivity contribution < 1.29 is 4.39 Å². The lowest BCUT2D eigenvalue weighted by molar-refractivity contribution is 0.221. The number of rotatable bonds is 5. The highest BCUT2D eigenvalue weighted by atomic mass is 19.1. The molecule has 0 aliphatic carbocycles. The van der Waals surface area contributed by atoms with Gasteiger partial charge in [-0.05, 0) is 63.3 Å². The largest absolute Gasteiger partial charge is 0.330 e. The minimum atomic E-state index is -1.25. The summed E-state index contributed by atoms with van der Waals surface area (Å²) in [6.07, 6.45) is 3.10. The molecule has 2 heteroatoms. The molecule has 1 nitrogen and oxygen atoms in total. The lowest BCUT2D eigenvalue weighted by Gasteiger charge is -2.17. The van der Waals surface area contributed by atoms with Crippen molar-refractivity contribution in [2.75, 3.05) is 6.54 Å². The maximum atomic E-state index is 13.8. The fourth-order valence-corrected chi connectivity index (χ4v) is 1.77. The molecule has 0 saturated carbocycles. The van der Waals surface area contributed by atoms with Gasteiger partial charge in [-0.2, -0.15) is 0 Å². The van der Waals surface area contributed by atoms with Crippen molar-refractivity contribution >= 4 is 0 Å². The second-order valence-electron chi connectivity index (χ2n) is 4.86. The number of alkyl halides is 1. The summed E-state index contributed by atoms with van der Waals surface area (Å²) in [5.41, 5.74) is 7.47. The molecular formula is C14H22FN. The van der Waals surface area contributed by atoms with E-state index in [9.17, 15) is 4.39 Å². The Hall–Kier alpha value is -0.890. The third kappa shape index (κ3) is 3.60. The van der Waals surface area contributed by atoms with Crippen molar-refractivity contribution in [3.05, 3.63) is 34.9 Å². The number of aryl methyl sites for hydroxylation is 2. The predicted molar refractivity (Wildman–Crippen MR) is 67.3 cm³/mol. The highest BCUT2D eigenvalue weighted by molar-refractivity contribution is 5.33. The molecule has 0 heterocycles. The van der Waals surface area contributed by atoms with Crippen LogP contribution in [-0.2, 0) is 12.1 Å². The molecule has 0 atom stereocenters. The van der Waals surface area contributed by atoms with Gasteiger partial charge in [-0.1, -0.05) is 18.2 Å². The molecule has 0 bridgehead atoms. The summed E-state index contributed by atoms with van der Waals surface area (Å²) in [6, 6.07) is 5.88. The van der Waals surface area contributed by atoms with E-state index < -0.39 is 5.67 Å². The maximum absolute atomic E-state index is 13.8.